The van der Waals surface area contributed by atoms with Crippen LogP contribution in [0.2, 0.25) is 0 Å². The first-order chi connectivity index (χ1) is 10.6. The van der Waals surface area contributed by atoms with Crippen LogP contribution in [0.5, 0.6) is 0 Å². The van der Waals surface area contributed by atoms with E-state index >= 15 is 0 Å². The molecule has 1 N–H and O–H groups in total. The van der Waals surface area contributed by atoms with Crippen molar-refractivity contribution in [3.05, 3.63) is 41.1 Å². The molecule has 2 heterocycles. The quantitative estimate of drug-likeness (QED) is 0.921. The summed E-state index contributed by atoms with van der Waals surface area (Å²) in [4.78, 5) is 14.1. The zero-order valence-electron chi connectivity index (χ0n) is 13.0. The molecule has 0 bridgehead atoms. The van der Waals surface area contributed by atoms with Gasteiger partial charge in [0.05, 0.1) is 6.54 Å². The molecule has 2 atom stereocenters. The number of nitrogens with zero attached hydrogens (tertiary/aromatic N) is 2. The van der Waals surface area contributed by atoms with Gasteiger partial charge in [0.15, 0.2) is 0 Å². The van der Waals surface area contributed by atoms with Gasteiger partial charge in [-0.1, -0.05) is 6.92 Å². The van der Waals surface area contributed by atoms with Crippen molar-refractivity contribution < 1.29 is 9.21 Å². The summed E-state index contributed by atoms with van der Waals surface area (Å²) in [5.41, 5.74) is 1.58. The number of aromatic amines is 1. The van der Waals surface area contributed by atoms with Crippen molar-refractivity contribution in [3.8, 4) is 0 Å². The first-order valence-corrected chi connectivity index (χ1v) is 8.01. The fraction of sp³-hybridized carbons (Fsp3) is 0.529. The van der Waals surface area contributed by atoms with Gasteiger partial charge in [0.2, 0.25) is 0 Å². The second-order valence-corrected chi connectivity index (χ2v) is 6.77. The highest BCUT2D eigenvalue weighted by Crippen LogP contribution is 2.47. The molecule has 0 saturated heterocycles. The van der Waals surface area contributed by atoms with E-state index in [2.05, 4.69) is 17.1 Å². The van der Waals surface area contributed by atoms with Crippen molar-refractivity contribution in [1.82, 2.24) is 15.1 Å². The molecule has 2 aromatic rings. The van der Waals surface area contributed by atoms with Crippen molar-refractivity contribution >= 4 is 5.91 Å². The Morgan fingerprint density at radius 3 is 2.91 bits per heavy atom. The van der Waals surface area contributed by atoms with Crippen LogP contribution in [0, 0.1) is 5.92 Å². The van der Waals surface area contributed by atoms with E-state index in [1.165, 1.54) is 19.3 Å². The number of amides is 1. The number of aromatic nitrogens is 2. The molecule has 0 radical (unpaired) electrons. The molecule has 2 aliphatic rings. The van der Waals surface area contributed by atoms with Gasteiger partial charge in [-0.2, -0.15) is 5.10 Å². The maximum atomic E-state index is 12.4. The topological polar surface area (TPSA) is 62.1 Å². The maximum absolute atomic E-state index is 12.4. The van der Waals surface area contributed by atoms with E-state index in [4.69, 9.17) is 4.42 Å². The maximum Gasteiger partial charge on any atom is 0.274 e. The molecule has 4 rings (SSSR count). The van der Waals surface area contributed by atoms with Gasteiger partial charge >= 0.3 is 0 Å². The van der Waals surface area contributed by atoms with Crippen molar-refractivity contribution in [2.75, 3.05) is 7.05 Å². The molecule has 0 unspecified atom stereocenters. The van der Waals surface area contributed by atoms with E-state index < -0.39 is 0 Å². The lowest BCUT2D eigenvalue weighted by molar-refractivity contribution is 0.0769. The van der Waals surface area contributed by atoms with Crippen LogP contribution < -0.4 is 0 Å². The van der Waals surface area contributed by atoms with Crippen LogP contribution in [0.25, 0.3) is 0 Å². The number of hydrogen-bond donors (Lipinski definition) is 1. The van der Waals surface area contributed by atoms with Gasteiger partial charge in [-0.3, -0.25) is 9.89 Å². The van der Waals surface area contributed by atoms with E-state index in [1.807, 2.05) is 18.2 Å². The van der Waals surface area contributed by atoms with E-state index in [-0.39, 0.29) is 5.91 Å². The van der Waals surface area contributed by atoms with E-state index in [0.29, 0.717) is 24.1 Å². The molecule has 22 heavy (non-hydrogen) atoms. The fourth-order valence-corrected chi connectivity index (χ4v) is 2.95. The zero-order valence-corrected chi connectivity index (χ0v) is 13.0. The Morgan fingerprint density at radius 2 is 2.23 bits per heavy atom. The third-order valence-corrected chi connectivity index (χ3v) is 4.73. The van der Waals surface area contributed by atoms with Crippen molar-refractivity contribution in [2.24, 2.45) is 5.92 Å². The van der Waals surface area contributed by atoms with Crippen LogP contribution in [0.15, 0.2) is 22.6 Å². The molecule has 0 spiro atoms. The molecule has 2 saturated carbocycles. The summed E-state index contributed by atoms with van der Waals surface area (Å²) in [5, 5.41) is 7.13. The lowest BCUT2D eigenvalue weighted by Gasteiger charge is -2.13. The van der Waals surface area contributed by atoms with Gasteiger partial charge in [0, 0.05) is 24.6 Å². The predicted octanol–water partition coefficient (Wildman–Crippen LogP) is 3.28. The normalized spacial score (nSPS) is 23.5. The summed E-state index contributed by atoms with van der Waals surface area (Å²) < 4.78 is 5.87. The summed E-state index contributed by atoms with van der Waals surface area (Å²) in [5.74, 6) is 3.70. The number of nitrogens with one attached hydrogen (secondary N) is 1. The molecular weight excluding hydrogens is 278 g/mol. The Hall–Kier alpha value is -2.04. The number of carbonyl (C=O) groups excluding carboxylic acids is 1. The van der Waals surface area contributed by atoms with Gasteiger partial charge < -0.3 is 9.32 Å². The zero-order chi connectivity index (χ0) is 15.3. The third kappa shape index (κ3) is 2.56. The van der Waals surface area contributed by atoms with Crippen LogP contribution in [0.3, 0.4) is 0 Å². The smallest absolute Gasteiger partial charge is 0.274 e. The molecule has 1 amide bonds. The van der Waals surface area contributed by atoms with Crippen molar-refractivity contribution in [2.45, 2.75) is 44.6 Å². The van der Waals surface area contributed by atoms with E-state index in [1.54, 1.807) is 11.9 Å². The number of hydrogen-bond acceptors (Lipinski definition) is 3. The average Bonchev–Trinajstić information content (AvgIpc) is 3.38. The van der Waals surface area contributed by atoms with Crippen LogP contribution >= 0.6 is 0 Å². The first-order valence-electron chi connectivity index (χ1n) is 8.01. The predicted molar refractivity (Wildman–Crippen MR) is 81.6 cm³/mol. The van der Waals surface area contributed by atoms with Gasteiger partial charge in [-0.25, -0.2) is 0 Å². The molecule has 2 aromatic heterocycles. The third-order valence-electron chi connectivity index (χ3n) is 4.73. The minimum atomic E-state index is -0.0686. The van der Waals surface area contributed by atoms with Crippen LogP contribution in [0.1, 0.15) is 65.7 Å². The van der Waals surface area contributed by atoms with Gasteiger partial charge in [-0.15, -0.1) is 0 Å². The summed E-state index contributed by atoms with van der Waals surface area (Å²) in [6.45, 7) is 2.71. The van der Waals surface area contributed by atoms with E-state index in [9.17, 15) is 4.79 Å². The first kappa shape index (κ1) is 13.6. The molecule has 5 heteroatoms. The number of carbonyl (C=O) groups is 1. The molecule has 2 fully saturated rings. The molecule has 5 nitrogen and oxygen atoms in total. The molecule has 0 aliphatic heterocycles. The number of H-pyrrole nitrogens is 1. The van der Waals surface area contributed by atoms with Crippen LogP contribution in [-0.2, 0) is 6.54 Å². The molecule has 0 aromatic carbocycles. The number of rotatable bonds is 5. The molecule has 2 aliphatic carbocycles. The molecular formula is C17H21N3O2. The highest BCUT2D eigenvalue weighted by atomic mass is 16.3. The Labute approximate surface area is 129 Å². The standard InChI is InChI=1S/C17H21N3O2/c1-10-7-13(10)16-6-5-12(22-16)9-20(2)17(21)15-8-14(18-19-15)11-3-4-11/h5-6,8,10-11,13H,3-4,7,9H2,1-2H3,(H,18,19)/t10-,13-/m1/s1. The minimum Gasteiger partial charge on any atom is -0.464 e. The van der Waals surface area contributed by atoms with Crippen molar-refractivity contribution in [3.63, 3.8) is 0 Å². The summed E-state index contributed by atoms with van der Waals surface area (Å²) in [6, 6.07) is 5.90. The summed E-state index contributed by atoms with van der Waals surface area (Å²) in [6.07, 6.45) is 3.60. The Bertz CT molecular complexity index is 698. The van der Waals surface area contributed by atoms with Crippen LogP contribution in [0.4, 0.5) is 0 Å². The van der Waals surface area contributed by atoms with E-state index in [0.717, 1.165) is 23.1 Å². The fourth-order valence-electron chi connectivity index (χ4n) is 2.95. The molecule has 116 valence electrons. The average molecular weight is 299 g/mol. The highest BCUT2D eigenvalue weighted by Gasteiger charge is 2.36. The van der Waals surface area contributed by atoms with Gasteiger partial charge in [0.1, 0.15) is 17.2 Å². The number of furan rings is 1. The highest BCUT2D eigenvalue weighted by molar-refractivity contribution is 5.92. The minimum absolute atomic E-state index is 0.0686. The van der Waals surface area contributed by atoms with Crippen molar-refractivity contribution in [1.29, 1.82) is 0 Å². The second-order valence-electron chi connectivity index (χ2n) is 6.77. The monoisotopic (exact) mass is 299 g/mol. The lowest BCUT2D eigenvalue weighted by atomic mass is 10.2. The summed E-state index contributed by atoms with van der Waals surface area (Å²) in [7, 11) is 1.79. The Morgan fingerprint density at radius 1 is 1.45 bits per heavy atom. The SMILES string of the molecule is C[C@@H]1C[C@H]1c1ccc(CN(C)C(=O)c2cc(C3CC3)[nH]n2)o1. The summed E-state index contributed by atoms with van der Waals surface area (Å²) >= 11 is 0. The van der Waals surface area contributed by atoms with Gasteiger partial charge in [0.25, 0.3) is 5.91 Å². The van der Waals surface area contributed by atoms with Crippen LogP contribution in [-0.4, -0.2) is 28.1 Å². The Kier molecular flexibility index (Phi) is 3.10. The largest absolute Gasteiger partial charge is 0.464 e. The Balaban J connectivity index is 1.40. The second kappa shape index (κ2) is 5.00. The van der Waals surface area contributed by atoms with Gasteiger partial charge in [-0.05, 0) is 43.4 Å². The lowest BCUT2D eigenvalue weighted by Crippen LogP contribution is -2.26.